The van der Waals surface area contributed by atoms with Crippen LogP contribution in [-0.2, 0) is 11.8 Å². The van der Waals surface area contributed by atoms with E-state index in [2.05, 4.69) is 5.10 Å². The molecule has 0 aliphatic carbocycles. The number of aromatic nitrogens is 2. The first-order valence-electron chi connectivity index (χ1n) is 7.02. The first-order chi connectivity index (χ1) is 10.0. The van der Waals surface area contributed by atoms with Gasteiger partial charge in [-0.15, -0.1) is 0 Å². The summed E-state index contributed by atoms with van der Waals surface area (Å²) in [6.45, 7) is 3.49. The lowest BCUT2D eigenvalue weighted by Crippen LogP contribution is -2.37. The first-order valence-corrected chi connectivity index (χ1v) is 7.02. The molecule has 0 unspecified atom stereocenters. The molecule has 21 heavy (non-hydrogen) atoms. The van der Waals surface area contributed by atoms with Gasteiger partial charge in [0.25, 0.3) is 0 Å². The van der Waals surface area contributed by atoms with E-state index in [0.717, 1.165) is 5.69 Å². The Hall–Kier alpha value is -1.72. The van der Waals surface area contributed by atoms with Crippen LogP contribution in [0.3, 0.4) is 0 Å². The van der Waals surface area contributed by atoms with Crippen LogP contribution in [0, 0.1) is 5.82 Å². The van der Waals surface area contributed by atoms with Crippen molar-refractivity contribution in [2.45, 2.75) is 31.7 Å². The molecule has 0 fully saturated rings. The molecule has 0 saturated carbocycles. The zero-order chi connectivity index (χ0) is 15.5. The molecule has 0 radical (unpaired) electrons. The third-order valence-corrected chi connectivity index (χ3v) is 3.75. The normalized spacial score (nSPS) is 12.1. The molecule has 0 saturated heterocycles. The van der Waals surface area contributed by atoms with Gasteiger partial charge < -0.3 is 10.2 Å². The number of hydrogen-bond acceptors (Lipinski definition) is 3. The number of nitrogens with zero attached hydrogens (tertiary/aromatic N) is 2. The number of halogens is 1. The Morgan fingerprint density at radius 2 is 1.95 bits per heavy atom. The molecule has 0 bridgehead atoms. The quantitative estimate of drug-likeness (QED) is 0.857. The minimum Gasteiger partial charge on any atom is -0.395 e. The summed E-state index contributed by atoms with van der Waals surface area (Å²) in [4.78, 5) is 0. The summed E-state index contributed by atoms with van der Waals surface area (Å²) >= 11 is 0. The van der Waals surface area contributed by atoms with Gasteiger partial charge in [-0.2, -0.15) is 5.10 Å². The van der Waals surface area contributed by atoms with Crippen LogP contribution in [0.25, 0.3) is 0 Å². The van der Waals surface area contributed by atoms with Crippen LogP contribution >= 0.6 is 0 Å². The van der Waals surface area contributed by atoms with Gasteiger partial charge in [-0.1, -0.05) is 12.1 Å². The van der Waals surface area contributed by atoms with Gasteiger partial charge in [0.1, 0.15) is 5.82 Å². The summed E-state index contributed by atoms with van der Waals surface area (Å²) in [5.74, 6) is -0.383. The Labute approximate surface area is 123 Å². The molecule has 1 heterocycles. The molecule has 2 rings (SSSR count). The molecule has 4 nitrogen and oxygen atoms in total. The number of hydrogen-bond donors (Lipinski definition) is 2. The van der Waals surface area contributed by atoms with Gasteiger partial charge in [-0.25, -0.2) is 4.39 Å². The highest BCUT2D eigenvalue weighted by Gasteiger charge is 2.32. The molecule has 0 aliphatic heterocycles. The van der Waals surface area contributed by atoms with Crippen LogP contribution < -0.4 is 0 Å². The van der Waals surface area contributed by atoms with Gasteiger partial charge in [0.2, 0.25) is 0 Å². The fourth-order valence-electron chi connectivity index (χ4n) is 2.37. The van der Waals surface area contributed by atoms with Crippen molar-refractivity contribution >= 4 is 0 Å². The number of rotatable bonds is 6. The molecule has 0 spiro atoms. The van der Waals surface area contributed by atoms with Crippen molar-refractivity contribution < 1.29 is 14.6 Å². The maximum absolute atomic E-state index is 13.4. The molecule has 2 N–H and O–H groups in total. The second kappa shape index (κ2) is 6.37. The monoisotopic (exact) mass is 292 g/mol. The van der Waals surface area contributed by atoms with Gasteiger partial charge >= 0.3 is 0 Å². The SMILES string of the molecule is CC(C)n1ccc(CC(CO)(CO)c2cccc(F)c2)n1. The minimum atomic E-state index is -0.932. The van der Waals surface area contributed by atoms with Crippen molar-refractivity contribution in [2.75, 3.05) is 13.2 Å². The van der Waals surface area contributed by atoms with E-state index in [-0.39, 0.29) is 25.1 Å². The van der Waals surface area contributed by atoms with Gasteiger partial charge in [-0.3, -0.25) is 4.68 Å². The van der Waals surface area contributed by atoms with Crippen LogP contribution in [0.1, 0.15) is 31.1 Å². The summed E-state index contributed by atoms with van der Waals surface area (Å²) in [5.41, 5.74) is 0.404. The molecule has 2 aromatic rings. The standard InChI is InChI=1S/C16H21FN2O2/c1-12(2)19-7-6-15(18-19)9-16(10-20,11-21)13-4-3-5-14(17)8-13/h3-8,12,20-21H,9-11H2,1-2H3. The Bertz CT molecular complexity index is 591. The Balaban J connectivity index is 2.33. The van der Waals surface area contributed by atoms with E-state index in [9.17, 15) is 14.6 Å². The van der Waals surface area contributed by atoms with Crippen molar-refractivity contribution in [2.24, 2.45) is 0 Å². The van der Waals surface area contributed by atoms with E-state index in [1.54, 1.807) is 12.1 Å². The van der Waals surface area contributed by atoms with E-state index in [1.807, 2.05) is 30.8 Å². The maximum atomic E-state index is 13.4. The number of aliphatic hydroxyl groups is 2. The fourth-order valence-corrected chi connectivity index (χ4v) is 2.37. The summed E-state index contributed by atoms with van der Waals surface area (Å²) in [5, 5.41) is 24.0. The topological polar surface area (TPSA) is 58.3 Å². The van der Waals surface area contributed by atoms with Crippen molar-refractivity contribution in [1.29, 1.82) is 0 Å². The van der Waals surface area contributed by atoms with Crippen molar-refractivity contribution in [3.63, 3.8) is 0 Å². The summed E-state index contributed by atoms with van der Waals surface area (Å²) < 4.78 is 15.3. The van der Waals surface area contributed by atoms with Crippen LogP contribution in [0.5, 0.6) is 0 Å². The Morgan fingerprint density at radius 1 is 1.24 bits per heavy atom. The van der Waals surface area contributed by atoms with E-state index in [0.29, 0.717) is 12.0 Å². The van der Waals surface area contributed by atoms with E-state index in [4.69, 9.17) is 0 Å². The number of aliphatic hydroxyl groups excluding tert-OH is 2. The molecule has 0 amide bonds. The molecule has 1 aromatic carbocycles. The van der Waals surface area contributed by atoms with E-state index in [1.165, 1.54) is 12.1 Å². The van der Waals surface area contributed by atoms with E-state index < -0.39 is 5.41 Å². The molecule has 5 heteroatoms. The number of benzene rings is 1. The summed E-state index contributed by atoms with van der Waals surface area (Å²) in [6.07, 6.45) is 2.22. The predicted octanol–water partition coefficient (Wildman–Crippen LogP) is 2.07. The maximum Gasteiger partial charge on any atom is 0.123 e. The third kappa shape index (κ3) is 3.31. The van der Waals surface area contributed by atoms with Crippen molar-refractivity contribution in [3.8, 4) is 0 Å². The lowest BCUT2D eigenvalue weighted by Gasteiger charge is -2.29. The minimum absolute atomic E-state index is 0.241. The van der Waals surface area contributed by atoms with Crippen LogP contribution in [0.15, 0.2) is 36.5 Å². The molecule has 0 atom stereocenters. The van der Waals surface area contributed by atoms with Gasteiger partial charge in [0.15, 0.2) is 0 Å². The van der Waals surface area contributed by atoms with Gasteiger partial charge in [0.05, 0.1) is 18.9 Å². The highest BCUT2D eigenvalue weighted by Crippen LogP contribution is 2.28. The third-order valence-electron chi connectivity index (χ3n) is 3.75. The molecule has 114 valence electrons. The zero-order valence-corrected chi connectivity index (χ0v) is 12.3. The van der Waals surface area contributed by atoms with Gasteiger partial charge in [-0.05, 0) is 37.6 Å². The predicted molar refractivity (Wildman–Crippen MR) is 78.6 cm³/mol. The van der Waals surface area contributed by atoms with Crippen LogP contribution in [0.2, 0.25) is 0 Å². The lowest BCUT2D eigenvalue weighted by molar-refractivity contribution is 0.115. The average Bonchev–Trinajstić information content (AvgIpc) is 2.93. The molecular weight excluding hydrogens is 271 g/mol. The highest BCUT2D eigenvalue weighted by atomic mass is 19.1. The fraction of sp³-hybridized carbons (Fsp3) is 0.438. The summed E-state index contributed by atoms with van der Waals surface area (Å²) in [6, 6.07) is 8.10. The highest BCUT2D eigenvalue weighted by molar-refractivity contribution is 5.29. The second-order valence-corrected chi connectivity index (χ2v) is 5.66. The summed E-state index contributed by atoms with van der Waals surface area (Å²) in [7, 11) is 0. The average molecular weight is 292 g/mol. The van der Waals surface area contributed by atoms with Gasteiger partial charge in [0, 0.05) is 24.1 Å². The first kappa shape index (κ1) is 15.7. The van der Waals surface area contributed by atoms with Crippen LogP contribution in [-0.4, -0.2) is 33.2 Å². The largest absolute Gasteiger partial charge is 0.395 e. The smallest absolute Gasteiger partial charge is 0.123 e. The molecule has 0 aliphatic rings. The lowest BCUT2D eigenvalue weighted by atomic mass is 9.78. The molecule has 1 aromatic heterocycles. The zero-order valence-electron chi connectivity index (χ0n) is 12.3. The van der Waals surface area contributed by atoms with E-state index >= 15 is 0 Å². The Kier molecular flexibility index (Phi) is 4.75. The van der Waals surface area contributed by atoms with Crippen molar-refractivity contribution in [1.82, 2.24) is 9.78 Å². The van der Waals surface area contributed by atoms with Crippen LogP contribution in [0.4, 0.5) is 4.39 Å². The molecular formula is C16H21FN2O2. The van der Waals surface area contributed by atoms with Crippen molar-refractivity contribution in [3.05, 3.63) is 53.6 Å². The second-order valence-electron chi connectivity index (χ2n) is 5.66. The Morgan fingerprint density at radius 3 is 2.48 bits per heavy atom.